The topological polar surface area (TPSA) is 31.2 Å². The van der Waals surface area contributed by atoms with Crippen LogP contribution in [0.15, 0.2) is 30.3 Å². The highest BCUT2D eigenvalue weighted by molar-refractivity contribution is 5.91. The molecule has 2 aromatic rings. The van der Waals surface area contributed by atoms with Crippen LogP contribution in [0.1, 0.15) is 57.6 Å². The summed E-state index contributed by atoms with van der Waals surface area (Å²) in [6.07, 6.45) is 5.81. The van der Waals surface area contributed by atoms with Crippen molar-refractivity contribution >= 4 is 17.0 Å². The molecule has 0 saturated carbocycles. The van der Waals surface area contributed by atoms with Crippen molar-refractivity contribution in [1.29, 1.82) is 0 Å². The lowest BCUT2D eigenvalue weighted by atomic mass is 9.99. The van der Waals surface area contributed by atoms with E-state index in [1.165, 1.54) is 32.8 Å². The summed E-state index contributed by atoms with van der Waals surface area (Å²) >= 11 is 0. The number of rotatable bonds is 6. The van der Waals surface area contributed by atoms with E-state index in [4.69, 9.17) is 4.74 Å². The van der Waals surface area contributed by atoms with Gasteiger partial charge < -0.3 is 4.74 Å². The van der Waals surface area contributed by atoms with Crippen LogP contribution in [0.2, 0.25) is 0 Å². The number of fused-ring (bicyclic) bond motifs is 1. The van der Waals surface area contributed by atoms with Gasteiger partial charge in [-0.25, -0.2) is 9.36 Å². The van der Waals surface area contributed by atoms with Crippen LogP contribution in [0, 0.1) is 0 Å². The van der Waals surface area contributed by atoms with Crippen LogP contribution in [-0.2, 0) is 4.74 Å². The minimum Gasteiger partial charge on any atom is -0.452 e. The van der Waals surface area contributed by atoms with Crippen LogP contribution in [0.4, 0.5) is 4.79 Å². The Morgan fingerprint density at radius 3 is 2.71 bits per heavy atom. The Balaban J connectivity index is 2.27. The summed E-state index contributed by atoms with van der Waals surface area (Å²) in [7, 11) is 1.44. The van der Waals surface area contributed by atoms with Gasteiger partial charge in [-0.3, -0.25) is 0 Å². The lowest BCUT2D eigenvalue weighted by Crippen LogP contribution is -2.15. The fraction of sp³-hybridized carbons (Fsp3) is 0.500. The molecule has 3 heteroatoms. The zero-order valence-electron chi connectivity index (χ0n) is 13.3. The van der Waals surface area contributed by atoms with Crippen molar-refractivity contribution in [3.63, 3.8) is 0 Å². The number of benzene rings is 1. The van der Waals surface area contributed by atoms with Gasteiger partial charge in [0.1, 0.15) is 0 Å². The first kappa shape index (κ1) is 15.6. The highest BCUT2D eigenvalue weighted by atomic mass is 16.5. The van der Waals surface area contributed by atoms with Crippen molar-refractivity contribution < 1.29 is 9.53 Å². The number of carbonyl (C=O) groups excluding carboxylic acids is 1. The second-order valence-corrected chi connectivity index (χ2v) is 5.68. The van der Waals surface area contributed by atoms with Crippen molar-refractivity contribution in [2.75, 3.05) is 7.11 Å². The smallest absolute Gasteiger partial charge is 0.418 e. The highest BCUT2D eigenvalue weighted by Crippen LogP contribution is 2.29. The summed E-state index contributed by atoms with van der Waals surface area (Å²) in [4.78, 5) is 12.1. The van der Waals surface area contributed by atoms with Gasteiger partial charge >= 0.3 is 6.09 Å². The second kappa shape index (κ2) is 7.30. The van der Waals surface area contributed by atoms with E-state index in [2.05, 4.69) is 19.9 Å². The largest absolute Gasteiger partial charge is 0.452 e. The van der Waals surface area contributed by atoms with Crippen LogP contribution >= 0.6 is 0 Å². The number of methoxy groups -OCH3 is 1. The fourth-order valence-corrected chi connectivity index (χ4v) is 2.86. The molecule has 0 fully saturated rings. The van der Waals surface area contributed by atoms with Gasteiger partial charge in [0.15, 0.2) is 0 Å². The molecule has 0 spiro atoms. The molecule has 0 aliphatic heterocycles. The van der Waals surface area contributed by atoms with Gasteiger partial charge in [0.05, 0.1) is 12.6 Å². The first-order chi connectivity index (χ1) is 10.2. The Labute approximate surface area is 126 Å². The average Bonchev–Trinajstić information content (AvgIpc) is 2.90. The third kappa shape index (κ3) is 3.46. The molecule has 0 aliphatic carbocycles. The lowest BCUT2D eigenvalue weighted by molar-refractivity contribution is 0.173. The molecule has 2 rings (SSSR count). The molecule has 0 aliphatic rings. The molecule has 1 unspecified atom stereocenters. The summed E-state index contributed by atoms with van der Waals surface area (Å²) < 4.78 is 6.68. The number of nitrogens with zero attached hydrogens (tertiary/aromatic N) is 1. The lowest BCUT2D eigenvalue weighted by Gasteiger charge is -2.14. The van der Waals surface area contributed by atoms with Crippen molar-refractivity contribution in [3.05, 3.63) is 36.0 Å². The maximum atomic E-state index is 12.1. The molecule has 1 aromatic carbocycles. The fourth-order valence-electron chi connectivity index (χ4n) is 2.86. The summed E-state index contributed by atoms with van der Waals surface area (Å²) in [5, 5.41) is 1.10. The summed E-state index contributed by atoms with van der Waals surface area (Å²) in [5.41, 5.74) is 1.99. The van der Waals surface area contributed by atoms with Crippen LogP contribution < -0.4 is 0 Å². The van der Waals surface area contributed by atoms with Gasteiger partial charge in [-0.2, -0.15) is 0 Å². The number of hydrogen-bond acceptors (Lipinski definition) is 2. The number of carbonyl (C=O) groups is 1. The Morgan fingerprint density at radius 1 is 1.24 bits per heavy atom. The molecule has 1 heterocycles. The van der Waals surface area contributed by atoms with E-state index in [1.54, 1.807) is 4.57 Å². The van der Waals surface area contributed by atoms with Gasteiger partial charge in [-0.05, 0) is 24.5 Å². The Hall–Kier alpha value is -1.77. The van der Waals surface area contributed by atoms with E-state index in [9.17, 15) is 4.79 Å². The predicted octanol–water partition coefficient (Wildman–Crippen LogP) is 5.33. The molecule has 1 atom stereocenters. The molecule has 0 N–H and O–H groups in total. The van der Waals surface area contributed by atoms with E-state index in [0.29, 0.717) is 5.92 Å². The van der Waals surface area contributed by atoms with Crippen molar-refractivity contribution in [2.24, 2.45) is 0 Å². The van der Waals surface area contributed by atoms with Gasteiger partial charge in [-0.15, -0.1) is 0 Å². The quantitative estimate of drug-likeness (QED) is 0.672. The van der Waals surface area contributed by atoms with Gasteiger partial charge in [0.2, 0.25) is 0 Å². The zero-order chi connectivity index (χ0) is 15.2. The minimum absolute atomic E-state index is 0.299. The van der Waals surface area contributed by atoms with E-state index < -0.39 is 0 Å². The second-order valence-electron chi connectivity index (χ2n) is 5.68. The van der Waals surface area contributed by atoms with Gasteiger partial charge in [0.25, 0.3) is 0 Å². The standard InChI is InChI=1S/C18H25NO2/c1-4-5-6-7-10-14(2)17-13-15-11-8-9-12-16(15)19(17)18(20)21-3/h8-9,11-14H,4-7,10H2,1-3H3. The van der Waals surface area contributed by atoms with E-state index in [-0.39, 0.29) is 6.09 Å². The van der Waals surface area contributed by atoms with Crippen LogP contribution in [0.5, 0.6) is 0 Å². The van der Waals surface area contributed by atoms with Crippen LogP contribution in [-0.4, -0.2) is 17.8 Å². The molecule has 0 bridgehead atoms. The normalized spacial score (nSPS) is 12.5. The molecular formula is C18H25NO2. The SMILES string of the molecule is CCCCCCC(C)c1cc2ccccc2n1C(=O)OC. The van der Waals surface area contributed by atoms with Crippen LogP contribution in [0.25, 0.3) is 10.9 Å². The molecule has 0 saturated heterocycles. The summed E-state index contributed by atoms with van der Waals surface area (Å²) in [5.74, 6) is 0.355. The average molecular weight is 287 g/mol. The van der Waals surface area contributed by atoms with Crippen molar-refractivity contribution in [1.82, 2.24) is 4.57 Å². The van der Waals surface area contributed by atoms with Crippen LogP contribution in [0.3, 0.4) is 0 Å². The third-order valence-electron chi connectivity index (χ3n) is 4.09. The maximum absolute atomic E-state index is 12.1. The first-order valence-electron chi connectivity index (χ1n) is 7.87. The molecular weight excluding hydrogens is 262 g/mol. The van der Waals surface area contributed by atoms with Gasteiger partial charge in [-0.1, -0.05) is 57.7 Å². The first-order valence-corrected chi connectivity index (χ1v) is 7.87. The number of ether oxygens (including phenoxy) is 1. The molecule has 114 valence electrons. The zero-order valence-corrected chi connectivity index (χ0v) is 13.3. The van der Waals surface area contributed by atoms with Crippen molar-refractivity contribution in [3.8, 4) is 0 Å². The predicted molar refractivity (Wildman–Crippen MR) is 86.9 cm³/mol. The molecule has 0 amide bonds. The number of aromatic nitrogens is 1. The Morgan fingerprint density at radius 2 is 2.00 bits per heavy atom. The number of para-hydroxylation sites is 1. The monoisotopic (exact) mass is 287 g/mol. The summed E-state index contributed by atoms with van der Waals surface area (Å²) in [6, 6.07) is 10.1. The maximum Gasteiger partial charge on any atom is 0.418 e. The van der Waals surface area contributed by atoms with E-state index in [1.807, 2.05) is 24.3 Å². The third-order valence-corrected chi connectivity index (χ3v) is 4.09. The Bertz CT molecular complexity index is 600. The molecule has 3 nitrogen and oxygen atoms in total. The minimum atomic E-state index is -0.299. The molecule has 1 aromatic heterocycles. The molecule has 0 radical (unpaired) electrons. The van der Waals surface area contributed by atoms with E-state index in [0.717, 1.165) is 23.0 Å². The summed E-state index contributed by atoms with van der Waals surface area (Å²) in [6.45, 7) is 4.41. The van der Waals surface area contributed by atoms with Gasteiger partial charge in [0, 0.05) is 11.1 Å². The number of unbranched alkanes of at least 4 members (excludes halogenated alkanes) is 3. The number of hydrogen-bond donors (Lipinski definition) is 0. The van der Waals surface area contributed by atoms with E-state index >= 15 is 0 Å². The Kier molecular flexibility index (Phi) is 5.43. The van der Waals surface area contributed by atoms with Crippen molar-refractivity contribution in [2.45, 2.75) is 51.9 Å². The highest BCUT2D eigenvalue weighted by Gasteiger charge is 2.19. The molecule has 21 heavy (non-hydrogen) atoms.